The molecule has 21 heavy (non-hydrogen) atoms. The molecule has 2 unspecified atom stereocenters. The second-order valence-corrected chi connectivity index (χ2v) is 5.30. The number of carboxylic acids is 1. The van der Waals surface area contributed by atoms with Gasteiger partial charge in [0, 0.05) is 6.54 Å². The maximum absolute atomic E-state index is 12.0. The van der Waals surface area contributed by atoms with E-state index < -0.39 is 36.5 Å². The van der Waals surface area contributed by atoms with Crippen molar-refractivity contribution < 1.29 is 32.6 Å². The van der Waals surface area contributed by atoms with Crippen LogP contribution in [0.25, 0.3) is 0 Å². The maximum Gasteiger partial charge on any atom is 0.411 e. The quantitative estimate of drug-likeness (QED) is 0.571. The van der Waals surface area contributed by atoms with Gasteiger partial charge in [-0.3, -0.25) is 9.59 Å². The molecular formula is C13H16F3NO4. The van der Waals surface area contributed by atoms with Gasteiger partial charge in [0.05, 0.1) is 18.4 Å². The molecule has 5 nitrogen and oxygen atoms in total. The van der Waals surface area contributed by atoms with Crippen LogP contribution in [-0.4, -0.2) is 42.9 Å². The van der Waals surface area contributed by atoms with Gasteiger partial charge in [-0.15, -0.1) is 0 Å². The van der Waals surface area contributed by atoms with Gasteiger partial charge in [-0.05, 0) is 18.3 Å². The Morgan fingerprint density at radius 1 is 1.24 bits per heavy atom. The molecule has 0 aromatic rings. The SMILES string of the molecule is O=C(O)[C@@H]1C2C=CC(C2)[C@@H]1C(=O)NCCOCC(F)(F)F. The fraction of sp³-hybridized carbons (Fsp3) is 0.692. The molecule has 1 saturated carbocycles. The second-order valence-electron chi connectivity index (χ2n) is 5.30. The van der Waals surface area contributed by atoms with E-state index in [4.69, 9.17) is 0 Å². The van der Waals surface area contributed by atoms with Crippen molar-refractivity contribution in [1.29, 1.82) is 0 Å². The average molecular weight is 307 g/mol. The van der Waals surface area contributed by atoms with E-state index in [9.17, 15) is 27.9 Å². The van der Waals surface area contributed by atoms with Crippen LogP contribution in [0, 0.1) is 23.7 Å². The minimum atomic E-state index is -4.40. The van der Waals surface area contributed by atoms with Gasteiger partial charge in [0.2, 0.25) is 5.91 Å². The molecule has 2 rings (SSSR count). The molecule has 0 saturated heterocycles. The predicted octanol–water partition coefficient (Wildman–Crippen LogP) is 1.20. The average Bonchev–Trinajstić information content (AvgIpc) is 2.96. The van der Waals surface area contributed by atoms with E-state index in [1.807, 2.05) is 12.2 Å². The van der Waals surface area contributed by atoms with Crippen LogP contribution >= 0.6 is 0 Å². The van der Waals surface area contributed by atoms with Crippen LogP contribution in [0.3, 0.4) is 0 Å². The molecular weight excluding hydrogens is 291 g/mol. The van der Waals surface area contributed by atoms with Gasteiger partial charge < -0.3 is 15.2 Å². The number of carbonyl (C=O) groups is 2. The standard InChI is InChI=1S/C13H16F3NO4/c14-13(15,16)6-21-4-3-17-11(18)9-7-1-2-8(5-7)10(9)12(19)20/h1-2,7-10H,3-6H2,(H,17,18)(H,19,20)/t7?,8?,9-,10+/m0/s1. The number of hydrogen-bond donors (Lipinski definition) is 2. The molecule has 2 bridgehead atoms. The summed E-state index contributed by atoms with van der Waals surface area (Å²) in [6.45, 7) is -1.70. The lowest BCUT2D eigenvalue weighted by atomic mass is 9.82. The van der Waals surface area contributed by atoms with Crippen LogP contribution in [0.1, 0.15) is 6.42 Å². The van der Waals surface area contributed by atoms with Crippen molar-refractivity contribution in [2.24, 2.45) is 23.7 Å². The van der Waals surface area contributed by atoms with Crippen LogP contribution in [0.4, 0.5) is 13.2 Å². The van der Waals surface area contributed by atoms with E-state index in [1.54, 1.807) is 0 Å². The van der Waals surface area contributed by atoms with E-state index in [-0.39, 0.29) is 25.0 Å². The van der Waals surface area contributed by atoms with Crippen molar-refractivity contribution in [3.8, 4) is 0 Å². The third-order valence-corrected chi connectivity index (χ3v) is 3.86. The molecule has 0 aromatic heterocycles. The number of aliphatic carboxylic acids is 1. The van der Waals surface area contributed by atoms with Crippen molar-refractivity contribution in [2.45, 2.75) is 12.6 Å². The minimum absolute atomic E-state index is 0.0706. The largest absolute Gasteiger partial charge is 0.481 e. The van der Waals surface area contributed by atoms with E-state index >= 15 is 0 Å². The summed E-state index contributed by atoms with van der Waals surface area (Å²) in [6.07, 6.45) is -0.0956. The van der Waals surface area contributed by atoms with Crippen LogP contribution in [0.15, 0.2) is 12.2 Å². The summed E-state index contributed by atoms with van der Waals surface area (Å²) < 4.78 is 39.9. The number of nitrogens with one attached hydrogen (secondary N) is 1. The summed E-state index contributed by atoms with van der Waals surface area (Å²) in [7, 11) is 0. The number of carbonyl (C=O) groups excluding carboxylic acids is 1. The second kappa shape index (κ2) is 6.05. The molecule has 2 N–H and O–H groups in total. The molecule has 0 heterocycles. The molecule has 0 radical (unpaired) electrons. The van der Waals surface area contributed by atoms with Crippen molar-refractivity contribution in [1.82, 2.24) is 5.32 Å². The number of fused-ring (bicyclic) bond motifs is 2. The number of allylic oxidation sites excluding steroid dienone is 2. The Morgan fingerprint density at radius 3 is 2.43 bits per heavy atom. The van der Waals surface area contributed by atoms with Crippen molar-refractivity contribution in [2.75, 3.05) is 19.8 Å². The number of hydrogen-bond acceptors (Lipinski definition) is 3. The highest BCUT2D eigenvalue weighted by atomic mass is 19.4. The van der Waals surface area contributed by atoms with Gasteiger partial charge in [0.1, 0.15) is 6.61 Å². The van der Waals surface area contributed by atoms with Gasteiger partial charge in [0.25, 0.3) is 0 Å². The summed E-state index contributed by atoms with van der Waals surface area (Å²) in [6, 6.07) is 0. The number of halogens is 3. The summed E-state index contributed by atoms with van der Waals surface area (Å²) >= 11 is 0. The Hall–Kier alpha value is -1.57. The summed E-state index contributed by atoms with van der Waals surface area (Å²) in [5.41, 5.74) is 0. The summed E-state index contributed by atoms with van der Waals surface area (Å²) in [5.74, 6) is -3.09. The van der Waals surface area contributed by atoms with Gasteiger partial charge in [-0.25, -0.2) is 0 Å². The Balaban J connectivity index is 1.78. The van der Waals surface area contributed by atoms with Gasteiger partial charge >= 0.3 is 12.1 Å². The van der Waals surface area contributed by atoms with Crippen molar-refractivity contribution in [3.05, 3.63) is 12.2 Å². The smallest absolute Gasteiger partial charge is 0.411 e. The Labute approximate surface area is 119 Å². The Morgan fingerprint density at radius 2 is 1.86 bits per heavy atom. The highest BCUT2D eigenvalue weighted by Crippen LogP contribution is 2.48. The molecule has 0 aliphatic heterocycles. The topological polar surface area (TPSA) is 75.6 Å². The Bertz CT molecular complexity index is 449. The zero-order valence-electron chi connectivity index (χ0n) is 11.1. The summed E-state index contributed by atoms with van der Waals surface area (Å²) in [4.78, 5) is 23.3. The van der Waals surface area contributed by atoms with Crippen LogP contribution in [0.5, 0.6) is 0 Å². The van der Waals surface area contributed by atoms with Crippen molar-refractivity contribution in [3.63, 3.8) is 0 Å². The minimum Gasteiger partial charge on any atom is -0.481 e. The molecule has 4 atom stereocenters. The fourth-order valence-corrected chi connectivity index (χ4v) is 3.07. The molecule has 0 spiro atoms. The van der Waals surface area contributed by atoms with Gasteiger partial charge in [-0.1, -0.05) is 12.2 Å². The first-order valence-electron chi connectivity index (χ1n) is 6.63. The third kappa shape index (κ3) is 3.75. The number of ether oxygens (including phenoxy) is 1. The maximum atomic E-state index is 12.0. The van der Waals surface area contributed by atoms with Crippen LogP contribution in [0.2, 0.25) is 0 Å². The highest BCUT2D eigenvalue weighted by molar-refractivity contribution is 5.86. The first-order valence-corrected chi connectivity index (χ1v) is 6.63. The zero-order valence-corrected chi connectivity index (χ0v) is 11.1. The predicted molar refractivity (Wildman–Crippen MR) is 65.2 cm³/mol. The number of rotatable bonds is 6. The third-order valence-electron chi connectivity index (χ3n) is 3.86. The normalized spacial score (nSPS) is 30.6. The fourth-order valence-electron chi connectivity index (χ4n) is 3.07. The van der Waals surface area contributed by atoms with Gasteiger partial charge in [-0.2, -0.15) is 13.2 Å². The lowest BCUT2D eigenvalue weighted by Gasteiger charge is -2.23. The Kier molecular flexibility index (Phi) is 4.55. The molecule has 118 valence electrons. The molecule has 8 heteroatoms. The monoisotopic (exact) mass is 307 g/mol. The highest BCUT2D eigenvalue weighted by Gasteiger charge is 2.51. The number of alkyl halides is 3. The summed E-state index contributed by atoms with van der Waals surface area (Å²) in [5, 5.41) is 11.6. The van der Waals surface area contributed by atoms with Crippen LogP contribution in [-0.2, 0) is 14.3 Å². The number of amides is 1. The first-order chi connectivity index (χ1) is 9.79. The van der Waals surface area contributed by atoms with E-state index in [1.165, 1.54) is 0 Å². The lowest BCUT2D eigenvalue weighted by Crippen LogP contribution is -2.41. The lowest BCUT2D eigenvalue weighted by molar-refractivity contribution is -0.173. The molecule has 2 aliphatic carbocycles. The van der Waals surface area contributed by atoms with E-state index in [2.05, 4.69) is 10.1 Å². The van der Waals surface area contributed by atoms with Crippen LogP contribution < -0.4 is 5.32 Å². The molecule has 1 amide bonds. The molecule has 1 fully saturated rings. The van der Waals surface area contributed by atoms with Gasteiger partial charge in [0.15, 0.2) is 0 Å². The molecule has 0 aromatic carbocycles. The van der Waals surface area contributed by atoms with E-state index in [0.29, 0.717) is 6.42 Å². The van der Waals surface area contributed by atoms with Crippen molar-refractivity contribution >= 4 is 11.9 Å². The first kappa shape index (κ1) is 15.8. The zero-order chi connectivity index (χ0) is 15.6. The number of carboxylic acid groups (broad SMARTS) is 1. The van der Waals surface area contributed by atoms with E-state index in [0.717, 1.165) is 0 Å². The molecule has 2 aliphatic rings.